The molecule has 9 nitrogen and oxygen atoms in total. The molecule has 0 radical (unpaired) electrons. The summed E-state index contributed by atoms with van der Waals surface area (Å²) in [5, 5.41) is 27.5. The van der Waals surface area contributed by atoms with Gasteiger partial charge in [0.1, 0.15) is 6.10 Å². The Morgan fingerprint density at radius 2 is 2.09 bits per heavy atom. The fraction of sp³-hybridized carbons (Fsp3) is 0.478. The van der Waals surface area contributed by atoms with E-state index in [1.165, 1.54) is 4.88 Å². The van der Waals surface area contributed by atoms with Crippen molar-refractivity contribution in [2.45, 2.75) is 51.5 Å². The van der Waals surface area contributed by atoms with Crippen molar-refractivity contribution in [3.63, 3.8) is 0 Å². The lowest BCUT2D eigenvalue weighted by Crippen LogP contribution is -2.41. The first-order valence-corrected chi connectivity index (χ1v) is 11.8. The Morgan fingerprint density at radius 3 is 2.76 bits per heavy atom. The zero-order chi connectivity index (χ0) is 23.5. The molecule has 2 aliphatic carbocycles. The summed E-state index contributed by atoms with van der Waals surface area (Å²) in [4.78, 5) is 28.4. The number of anilines is 1. The van der Waals surface area contributed by atoms with Crippen molar-refractivity contribution in [1.29, 1.82) is 0 Å². The van der Waals surface area contributed by atoms with Gasteiger partial charge < -0.3 is 25.4 Å². The zero-order valence-corrected chi connectivity index (χ0v) is 19.6. The lowest BCUT2D eigenvalue weighted by molar-refractivity contribution is -0.132. The number of carbonyl (C=O) groups is 1. The van der Waals surface area contributed by atoms with E-state index in [0.717, 1.165) is 4.88 Å². The first-order chi connectivity index (χ1) is 15.8. The highest BCUT2D eigenvalue weighted by atomic mass is 32.1. The number of carbonyl (C=O) groups excluding carboxylic acids is 1. The summed E-state index contributed by atoms with van der Waals surface area (Å²) < 4.78 is 1.76. The molecule has 0 saturated heterocycles. The lowest BCUT2D eigenvalue weighted by atomic mass is 9.98. The summed E-state index contributed by atoms with van der Waals surface area (Å²) in [7, 11) is 1.54. The van der Waals surface area contributed by atoms with Gasteiger partial charge in [-0.2, -0.15) is 0 Å². The maximum absolute atomic E-state index is 12.5. The fourth-order valence-electron chi connectivity index (χ4n) is 4.97. The highest BCUT2D eigenvalue weighted by molar-refractivity contribution is 7.12. The van der Waals surface area contributed by atoms with Gasteiger partial charge in [0.15, 0.2) is 17.0 Å². The van der Waals surface area contributed by atoms with E-state index in [0.29, 0.717) is 29.2 Å². The number of nitrogens with one attached hydrogen (secondary N) is 2. The number of hydrogen-bond donors (Lipinski definition) is 4. The highest BCUT2D eigenvalue weighted by Crippen LogP contribution is 2.67. The van der Waals surface area contributed by atoms with E-state index in [1.54, 1.807) is 29.3 Å². The second-order valence-corrected chi connectivity index (χ2v) is 10.3. The Hall–Kier alpha value is -3.00. The van der Waals surface area contributed by atoms with Gasteiger partial charge >= 0.3 is 0 Å². The number of aliphatic hydroxyl groups is 2. The van der Waals surface area contributed by atoms with Crippen molar-refractivity contribution < 1.29 is 15.0 Å². The Kier molecular flexibility index (Phi) is 5.16. The first-order valence-electron chi connectivity index (χ1n) is 10.9. The molecule has 0 aliphatic heterocycles. The molecule has 2 fully saturated rings. The molecule has 3 aromatic heterocycles. The molecule has 5 rings (SSSR count). The maximum Gasteiger partial charge on any atom is 0.229 e. The largest absolute Gasteiger partial charge is 0.389 e. The number of rotatable bonds is 4. The number of amides is 1. The summed E-state index contributed by atoms with van der Waals surface area (Å²) in [6.07, 6.45) is -0.161. The molecule has 3 aromatic rings. The quantitative estimate of drug-likeness (QED) is 0.429. The monoisotopic (exact) mass is 466 g/mol. The predicted molar refractivity (Wildman–Crippen MR) is 125 cm³/mol. The second-order valence-electron chi connectivity index (χ2n) is 9.04. The Labute approximate surface area is 195 Å². The van der Waals surface area contributed by atoms with Gasteiger partial charge in [0.25, 0.3) is 0 Å². The molecule has 2 saturated carbocycles. The zero-order valence-electron chi connectivity index (χ0n) is 18.8. The number of nitrogens with zero attached hydrogens (tertiary/aromatic N) is 4. The summed E-state index contributed by atoms with van der Waals surface area (Å²) >= 11 is 1.60. The van der Waals surface area contributed by atoms with Crippen molar-refractivity contribution in [1.82, 2.24) is 24.8 Å². The van der Waals surface area contributed by atoms with E-state index < -0.39 is 23.7 Å². The van der Waals surface area contributed by atoms with Gasteiger partial charge in [0, 0.05) is 23.9 Å². The first kappa shape index (κ1) is 21.8. The molecule has 4 N–H and O–H groups in total. The third kappa shape index (κ3) is 3.39. The minimum atomic E-state index is -1.15. The van der Waals surface area contributed by atoms with Crippen LogP contribution < -0.4 is 10.6 Å². The number of hydrogen-bond acceptors (Lipinski definition) is 8. The van der Waals surface area contributed by atoms with Crippen molar-refractivity contribution >= 4 is 34.2 Å². The van der Waals surface area contributed by atoms with Crippen LogP contribution >= 0.6 is 11.3 Å². The summed E-state index contributed by atoms with van der Waals surface area (Å²) in [6.45, 7) is 6.03. The van der Waals surface area contributed by atoms with Gasteiger partial charge in [0.05, 0.1) is 28.8 Å². The van der Waals surface area contributed by atoms with Gasteiger partial charge in [-0.3, -0.25) is 4.79 Å². The molecule has 0 bridgehead atoms. The van der Waals surface area contributed by atoms with Gasteiger partial charge in [-0.25, -0.2) is 15.0 Å². The van der Waals surface area contributed by atoms with Crippen LogP contribution in [0.2, 0.25) is 0 Å². The molecule has 0 spiro atoms. The second kappa shape index (κ2) is 7.80. The van der Waals surface area contributed by atoms with Crippen LogP contribution in [0.3, 0.4) is 0 Å². The van der Waals surface area contributed by atoms with E-state index in [-0.39, 0.29) is 17.9 Å². The predicted octanol–water partition coefficient (Wildman–Crippen LogP) is 1.45. The summed E-state index contributed by atoms with van der Waals surface area (Å²) in [6, 6.07) is 3.56. The van der Waals surface area contributed by atoms with Crippen LogP contribution in [0.25, 0.3) is 11.2 Å². The average Bonchev–Trinajstić information content (AvgIpc) is 3.03. The highest BCUT2D eigenvalue weighted by Gasteiger charge is 2.75. The number of fused-ring (bicyclic) bond motifs is 2. The van der Waals surface area contributed by atoms with Crippen LogP contribution in [0.15, 0.2) is 18.5 Å². The third-order valence-corrected chi connectivity index (χ3v) is 7.44. The van der Waals surface area contributed by atoms with E-state index >= 15 is 0 Å². The molecule has 2 aliphatic rings. The molecular formula is C23H26N6O3S. The normalized spacial score (nSPS) is 27.8. The molecule has 0 aromatic carbocycles. The molecule has 10 heteroatoms. The van der Waals surface area contributed by atoms with Gasteiger partial charge in [-0.1, -0.05) is 0 Å². The molecule has 2 unspecified atom stereocenters. The van der Waals surface area contributed by atoms with E-state index in [2.05, 4.69) is 37.4 Å². The fourth-order valence-corrected chi connectivity index (χ4v) is 5.69. The van der Waals surface area contributed by atoms with Crippen LogP contribution in [0, 0.1) is 30.1 Å². The lowest BCUT2D eigenvalue weighted by Gasteiger charge is -2.23. The molecule has 3 heterocycles. The molecular weight excluding hydrogens is 440 g/mol. The Balaban J connectivity index is 1.60. The minimum absolute atomic E-state index is 0.109. The number of aromatic nitrogens is 4. The summed E-state index contributed by atoms with van der Waals surface area (Å²) in [5.41, 5.74) is 0.0953. The molecule has 33 heavy (non-hydrogen) atoms. The van der Waals surface area contributed by atoms with Crippen molar-refractivity contribution in [3.05, 3.63) is 34.0 Å². The Morgan fingerprint density at radius 1 is 1.30 bits per heavy atom. The molecule has 1 amide bonds. The minimum Gasteiger partial charge on any atom is -0.389 e. The smallest absolute Gasteiger partial charge is 0.229 e. The van der Waals surface area contributed by atoms with Gasteiger partial charge in [0.2, 0.25) is 11.7 Å². The van der Waals surface area contributed by atoms with Crippen LogP contribution in [-0.4, -0.2) is 60.9 Å². The molecule has 172 valence electrons. The molecule has 5 atom stereocenters. The van der Waals surface area contributed by atoms with Crippen LogP contribution in [0.1, 0.15) is 41.9 Å². The van der Waals surface area contributed by atoms with E-state index in [4.69, 9.17) is 0 Å². The number of aryl methyl sites for hydroxylation is 1. The number of aliphatic hydroxyl groups excluding tert-OH is 2. The number of imidazole rings is 1. The number of thiophene rings is 1. The van der Waals surface area contributed by atoms with E-state index in [1.807, 2.05) is 32.9 Å². The van der Waals surface area contributed by atoms with Crippen LogP contribution in [0.5, 0.6) is 0 Å². The van der Waals surface area contributed by atoms with Crippen LogP contribution in [-0.2, 0) is 4.79 Å². The average molecular weight is 467 g/mol. The third-order valence-electron chi connectivity index (χ3n) is 6.53. The van der Waals surface area contributed by atoms with E-state index in [9.17, 15) is 15.0 Å². The van der Waals surface area contributed by atoms with Crippen LogP contribution in [0.4, 0.5) is 5.82 Å². The standard InChI is InChI=1S/C23H26N6O3S/c1-11(2)26-20-16-21(28-15(27-20)8-7-13-6-5-12(3)33-13)29(10-25-16)17-14-9-23(14,22(32)24-4)19(31)18(17)30/h5-6,10-11,14,17-19,30-31H,9H2,1-4H3,(H,24,32)(H,26,27,28)/t14?,17-,18+,19+,23?/m1/s1. The van der Waals surface area contributed by atoms with Gasteiger partial charge in [-0.15, -0.1) is 11.3 Å². The Bertz CT molecular complexity index is 1300. The van der Waals surface area contributed by atoms with Crippen molar-refractivity contribution in [2.75, 3.05) is 12.4 Å². The van der Waals surface area contributed by atoms with Crippen molar-refractivity contribution in [3.8, 4) is 11.8 Å². The van der Waals surface area contributed by atoms with Crippen molar-refractivity contribution in [2.24, 2.45) is 11.3 Å². The van der Waals surface area contributed by atoms with Gasteiger partial charge in [-0.05, 0) is 51.2 Å². The summed E-state index contributed by atoms with van der Waals surface area (Å²) in [5.74, 6) is 6.59. The maximum atomic E-state index is 12.5. The topological polar surface area (TPSA) is 125 Å². The SMILES string of the molecule is CNC(=O)C12CC1[C@@H](n1cnc3c(NC(C)C)nc(C#Cc4ccc(C)s4)nc31)[C@H](O)[C@@H]2O.